The highest BCUT2D eigenvalue weighted by molar-refractivity contribution is 7.99. The molecule has 2 heterocycles. The van der Waals surface area contributed by atoms with Gasteiger partial charge in [-0.3, -0.25) is 9.89 Å². The van der Waals surface area contributed by atoms with Crippen molar-refractivity contribution < 1.29 is 4.79 Å². The molecule has 5 nitrogen and oxygen atoms in total. The van der Waals surface area contributed by atoms with Crippen molar-refractivity contribution in [3.63, 3.8) is 0 Å². The second-order valence-electron chi connectivity index (χ2n) is 6.51. The average Bonchev–Trinajstić information content (AvgIpc) is 3.45. The van der Waals surface area contributed by atoms with E-state index in [-0.39, 0.29) is 17.7 Å². The number of carbonyl (C=O) groups is 1. The third-order valence-electron chi connectivity index (χ3n) is 4.45. The van der Waals surface area contributed by atoms with Crippen LogP contribution in [0.1, 0.15) is 18.5 Å². The number of nitrogens with one attached hydrogen (secondary N) is 2. The summed E-state index contributed by atoms with van der Waals surface area (Å²) in [6.45, 7) is 1.99. The first-order valence-corrected chi connectivity index (χ1v) is 11.1. The lowest BCUT2D eigenvalue weighted by molar-refractivity contribution is -0.119. The highest BCUT2D eigenvalue weighted by atomic mass is 32.2. The molecular formula is C22H20N4OS2. The highest BCUT2D eigenvalue weighted by Crippen LogP contribution is 2.24. The maximum absolute atomic E-state index is 12.3. The van der Waals surface area contributed by atoms with Gasteiger partial charge in [0.15, 0.2) is 5.82 Å². The predicted octanol–water partition coefficient (Wildman–Crippen LogP) is 5.17. The van der Waals surface area contributed by atoms with Crippen molar-refractivity contribution in [1.29, 1.82) is 0 Å². The van der Waals surface area contributed by atoms with Gasteiger partial charge >= 0.3 is 0 Å². The molecule has 2 aromatic heterocycles. The Bertz CT molecular complexity index is 1060. The molecule has 0 bridgehead atoms. The Labute approximate surface area is 177 Å². The zero-order valence-corrected chi connectivity index (χ0v) is 17.5. The monoisotopic (exact) mass is 420 g/mol. The molecule has 146 valence electrons. The van der Waals surface area contributed by atoms with E-state index in [2.05, 4.69) is 56.9 Å². The molecule has 1 atom stereocenters. The molecular weight excluding hydrogens is 400 g/mol. The Morgan fingerprint density at radius 1 is 1.07 bits per heavy atom. The summed E-state index contributed by atoms with van der Waals surface area (Å²) in [4.78, 5) is 17.8. The molecule has 0 saturated heterocycles. The first-order chi connectivity index (χ1) is 14.2. The van der Waals surface area contributed by atoms with Crippen molar-refractivity contribution in [3.05, 3.63) is 77.7 Å². The SMILES string of the molecule is CC(NC(=O)CSc1n[nH]c(-c2cccs2)n1)c1ccc(-c2ccccc2)cc1. The number of nitrogens with zero attached hydrogens (tertiary/aromatic N) is 2. The molecule has 0 aliphatic rings. The summed E-state index contributed by atoms with van der Waals surface area (Å²) in [6.07, 6.45) is 0. The van der Waals surface area contributed by atoms with Crippen LogP contribution in [0.25, 0.3) is 21.8 Å². The lowest BCUT2D eigenvalue weighted by Gasteiger charge is -2.14. The smallest absolute Gasteiger partial charge is 0.230 e. The van der Waals surface area contributed by atoms with E-state index in [1.165, 1.54) is 17.3 Å². The normalized spacial score (nSPS) is 11.9. The van der Waals surface area contributed by atoms with Crippen LogP contribution >= 0.6 is 23.1 Å². The van der Waals surface area contributed by atoms with Crippen molar-refractivity contribution in [2.75, 3.05) is 5.75 Å². The summed E-state index contributed by atoms with van der Waals surface area (Å²) in [7, 11) is 0. The van der Waals surface area contributed by atoms with Crippen molar-refractivity contribution in [1.82, 2.24) is 20.5 Å². The molecule has 2 aromatic carbocycles. The number of thioether (sulfide) groups is 1. The van der Waals surface area contributed by atoms with Crippen LogP contribution in [-0.2, 0) is 4.79 Å². The quantitative estimate of drug-likeness (QED) is 0.405. The lowest BCUT2D eigenvalue weighted by Crippen LogP contribution is -2.28. The number of rotatable bonds is 7. The van der Waals surface area contributed by atoms with Crippen molar-refractivity contribution in [2.45, 2.75) is 18.1 Å². The number of benzene rings is 2. The second-order valence-corrected chi connectivity index (χ2v) is 8.40. The molecule has 29 heavy (non-hydrogen) atoms. The fourth-order valence-corrected chi connectivity index (χ4v) is 4.20. The Morgan fingerprint density at radius 3 is 2.55 bits per heavy atom. The molecule has 4 rings (SSSR count). The van der Waals surface area contributed by atoms with Crippen molar-refractivity contribution in [2.24, 2.45) is 0 Å². The first kappa shape index (κ1) is 19.4. The molecule has 0 radical (unpaired) electrons. The number of thiophene rings is 1. The molecule has 0 fully saturated rings. The van der Waals surface area contributed by atoms with Gasteiger partial charge in [0.2, 0.25) is 11.1 Å². The fraction of sp³-hybridized carbons (Fsp3) is 0.136. The zero-order valence-electron chi connectivity index (χ0n) is 15.8. The minimum absolute atomic E-state index is 0.0443. The number of carbonyl (C=O) groups excluding carboxylic acids is 1. The zero-order chi connectivity index (χ0) is 20.1. The molecule has 0 spiro atoms. The molecule has 7 heteroatoms. The van der Waals surface area contributed by atoms with Gasteiger partial charge in [-0.05, 0) is 35.1 Å². The largest absolute Gasteiger partial charge is 0.349 e. The average molecular weight is 421 g/mol. The number of amides is 1. The van der Waals surface area contributed by atoms with Gasteiger partial charge in [0.1, 0.15) is 0 Å². The number of aromatic amines is 1. The van der Waals surface area contributed by atoms with Crippen LogP contribution in [0.5, 0.6) is 0 Å². The van der Waals surface area contributed by atoms with Crippen molar-refractivity contribution in [3.8, 4) is 21.8 Å². The van der Waals surface area contributed by atoms with Crippen LogP contribution in [0.4, 0.5) is 0 Å². The van der Waals surface area contributed by atoms with E-state index < -0.39 is 0 Å². The van der Waals surface area contributed by atoms with Gasteiger partial charge in [-0.2, -0.15) is 0 Å². The van der Waals surface area contributed by atoms with E-state index in [1.54, 1.807) is 11.3 Å². The summed E-state index contributed by atoms with van der Waals surface area (Å²) in [5.41, 5.74) is 3.41. The van der Waals surface area contributed by atoms with Crippen LogP contribution in [0.2, 0.25) is 0 Å². The van der Waals surface area contributed by atoms with Gasteiger partial charge < -0.3 is 5.32 Å². The Morgan fingerprint density at radius 2 is 1.83 bits per heavy atom. The number of hydrogen-bond donors (Lipinski definition) is 2. The summed E-state index contributed by atoms with van der Waals surface area (Å²) < 4.78 is 0. The van der Waals surface area contributed by atoms with Crippen LogP contribution < -0.4 is 5.32 Å². The Hall–Kier alpha value is -2.90. The van der Waals surface area contributed by atoms with Gasteiger partial charge in [-0.15, -0.1) is 16.4 Å². The van der Waals surface area contributed by atoms with Gasteiger partial charge in [-0.25, -0.2) is 4.98 Å². The maximum Gasteiger partial charge on any atom is 0.230 e. The van der Waals surface area contributed by atoms with E-state index in [0.717, 1.165) is 21.8 Å². The fourth-order valence-electron chi connectivity index (χ4n) is 2.93. The van der Waals surface area contributed by atoms with Crippen LogP contribution in [-0.4, -0.2) is 26.8 Å². The Kier molecular flexibility index (Phi) is 6.07. The van der Waals surface area contributed by atoms with E-state index >= 15 is 0 Å². The minimum Gasteiger partial charge on any atom is -0.349 e. The van der Waals surface area contributed by atoms with E-state index in [9.17, 15) is 4.79 Å². The number of hydrogen-bond acceptors (Lipinski definition) is 5. The summed E-state index contributed by atoms with van der Waals surface area (Å²) >= 11 is 2.92. The van der Waals surface area contributed by atoms with Crippen LogP contribution in [0.15, 0.2) is 77.3 Å². The minimum atomic E-state index is -0.0678. The highest BCUT2D eigenvalue weighted by Gasteiger charge is 2.13. The van der Waals surface area contributed by atoms with E-state index in [0.29, 0.717) is 5.16 Å². The number of H-pyrrole nitrogens is 1. The molecule has 2 N–H and O–H groups in total. The molecule has 1 amide bonds. The second kappa shape index (κ2) is 9.07. The summed E-state index contributed by atoms with van der Waals surface area (Å²) in [5, 5.41) is 12.7. The van der Waals surface area contributed by atoms with Crippen molar-refractivity contribution >= 4 is 29.0 Å². The Balaban J connectivity index is 1.30. The maximum atomic E-state index is 12.3. The van der Waals surface area contributed by atoms with Gasteiger partial charge in [0, 0.05) is 0 Å². The lowest BCUT2D eigenvalue weighted by atomic mass is 10.0. The van der Waals surface area contributed by atoms with Crippen LogP contribution in [0.3, 0.4) is 0 Å². The predicted molar refractivity (Wildman–Crippen MR) is 119 cm³/mol. The topological polar surface area (TPSA) is 70.7 Å². The summed E-state index contributed by atoms with van der Waals surface area (Å²) in [6, 6.07) is 22.4. The molecule has 0 aliphatic carbocycles. The molecule has 0 saturated carbocycles. The molecule has 0 aliphatic heterocycles. The third kappa shape index (κ3) is 4.93. The van der Waals surface area contributed by atoms with Gasteiger partial charge in [0.05, 0.1) is 16.7 Å². The first-order valence-electron chi connectivity index (χ1n) is 9.23. The summed E-state index contributed by atoms with van der Waals surface area (Å²) in [5.74, 6) is 0.959. The van der Waals surface area contributed by atoms with E-state index in [4.69, 9.17) is 0 Å². The standard InChI is InChI=1S/C22H20N4OS2/c1-15(16-9-11-18(12-10-16)17-6-3-2-4-7-17)23-20(27)14-29-22-24-21(25-26-22)19-8-5-13-28-19/h2-13,15H,14H2,1H3,(H,23,27)(H,24,25,26). The van der Waals surface area contributed by atoms with Crippen LogP contribution in [0, 0.1) is 0 Å². The number of aromatic nitrogens is 3. The molecule has 1 unspecified atom stereocenters. The molecule has 4 aromatic rings. The van der Waals surface area contributed by atoms with Gasteiger partial charge in [-0.1, -0.05) is 72.4 Å². The van der Waals surface area contributed by atoms with Gasteiger partial charge in [0.25, 0.3) is 0 Å². The third-order valence-corrected chi connectivity index (χ3v) is 6.17. The van der Waals surface area contributed by atoms with E-state index in [1.807, 2.05) is 42.6 Å².